The molecule has 128 valence electrons. The van der Waals surface area contributed by atoms with Gasteiger partial charge in [-0.1, -0.05) is 53.1 Å². The summed E-state index contributed by atoms with van der Waals surface area (Å²) in [5, 5.41) is 8.18. The van der Waals surface area contributed by atoms with Crippen molar-refractivity contribution in [2.45, 2.75) is 14.4 Å². The van der Waals surface area contributed by atoms with Crippen LogP contribution in [0.4, 0.5) is 0 Å². The van der Waals surface area contributed by atoms with Crippen molar-refractivity contribution in [3.8, 4) is 11.5 Å². The van der Waals surface area contributed by atoms with Gasteiger partial charge in [-0.25, -0.2) is 0 Å². The zero-order valence-corrected chi connectivity index (χ0v) is 15.4. The van der Waals surface area contributed by atoms with E-state index in [0.29, 0.717) is 11.5 Å². The summed E-state index contributed by atoms with van der Waals surface area (Å²) in [6.45, 7) is 0. The van der Waals surface area contributed by atoms with Crippen molar-refractivity contribution in [3.63, 3.8) is 0 Å². The lowest BCUT2D eigenvalue weighted by molar-refractivity contribution is -0.115. The van der Waals surface area contributed by atoms with Gasteiger partial charge in [-0.3, -0.25) is 9.78 Å². The van der Waals surface area contributed by atoms with Gasteiger partial charge in [0.2, 0.25) is 5.91 Å². The molecule has 1 aromatic carbocycles. The number of nitrogens with two attached hydrogens (primary N) is 1. The monoisotopic (exact) mass is 390 g/mol. The van der Waals surface area contributed by atoms with Crippen LogP contribution in [0.25, 0.3) is 0 Å². The van der Waals surface area contributed by atoms with E-state index in [4.69, 9.17) is 10.5 Å². The summed E-state index contributed by atoms with van der Waals surface area (Å²) in [5.74, 6) is 2.03. The normalized spacial score (nSPS) is 10.6. The van der Waals surface area contributed by atoms with Crippen molar-refractivity contribution in [1.29, 1.82) is 0 Å². The summed E-state index contributed by atoms with van der Waals surface area (Å²) in [5.41, 5.74) is 6.19. The molecule has 2 heterocycles. The molecule has 0 saturated heterocycles. The fourth-order valence-electron chi connectivity index (χ4n) is 1.84. The quantitative estimate of drug-likeness (QED) is 0.588. The Morgan fingerprint density at radius 3 is 2.68 bits per heavy atom. The van der Waals surface area contributed by atoms with Crippen LogP contribution in [0.1, 0.15) is 5.56 Å². The average molecular weight is 391 g/mol. The highest BCUT2D eigenvalue weighted by Crippen LogP contribution is 2.33. The van der Waals surface area contributed by atoms with Crippen LogP contribution in [-0.2, 0) is 10.5 Å². The Bertz CT molecular complexity index is 842. The molecular formula is C16H14N4O2S3. The van der Waals surface area contributed by atoms with Gasteiger partial charge in [0.25, 0.3) is 0 Å². The Balaban J connectivity index is 1.62. The second-order valence-electron chi connectivity index (χ2n) is 4.78. The van der Waals surface area contributed by atoms with Gasteiger partial charge in [0.05, 0.1) is 11.9 Å². The topological polar surface area (TPSA) is 91.0 Å². The summed E-state index contributed by atoms with van der Waals surface area (Å²) in [6, 6.07) is 11.5. The van der Waals surface area contributed by atoms with Gasteiger partial charge < -0.3 is 10.5 Å². The number of pyridine rings is 1. The molecule has 25 heavy (non-hydrogen) atoms. The molecule has 3 aromatic rings. The maximum atomic E-state index is 10.8. The molecule has 1 amide bonds. The number of ether oxygens (including phenoxy) is 1. The maximum Gasteiger partial charge on any atom is 0.227 e. The molecular weight excluding hydrogens is 376 g/mol. The molecule has 9 heteroatoms. The summed E-state index contributed by atoms with van der Waals surface area (Å²) in [7, 11) is 0. The first-order chi connectivity index (χ1) is 12.2. The van der Waals surface area contributed by atoms with Crippen LogP contribution < -0.4 is 10.5 Å². The molecule has 0 atom stereocenters. The van der Waals surface area contributed by atoms with Gasteiger partial charge in [-0.05, 0) is 18.2 Å². The summed E-state index contributed by atoms with van der Waals surface area (Å²) >= 11 is 4.32. The van der Waals surface area contributed by atoms with E-state index in [0.717, 1.165) is 20.0 Å². The number of nitrogens with zero attached hydrogens (tertiary/aromatic N) is 3. The zero-order chi connectivity index (χ0) is 17.5. The van der Waals surface area contributed by atoms with E-state index in [9.17, 15) is 4.79 Å². The Morgan fingerprint density at radius 1 is 1.12 bits per heavy atom. The highest BCUT2D eigenvalue weighted by molar-refractivity contribution is 8.03. The third-order valence-electron chi connectivity index (χ3n) is 2.91. The van der Waals surface area contributed by atoms with Crippen molar-refractivity contribution >= 4 is 40.8 Å². The molecule has 3 rings (SSSR count). The number of benzene rings is 1. The first-order valence-corrected chi connectivity index (χ1v) is 10.0. The zero-order valence-electron chi connectivity index (χ0n) is 13.0. The minimum atomic E-state index is -0.365. The molecule has 0 fully saturated rings. The number of carbonyl (C=O) groups is 1. The Kier molecular flexibility index (Phi) is 6.26. The Hall–Kier alpha value is -2.10. The van der Waals surface area contributed by atoms with E-state index in [1.165, 1.54) is 23.1 Å². The second-order valence-corrected chi connectivity index (χ2v) is 8.20. The Morgan fingerprint density at radius 2 is 1.92 bits per heavy atom. The van der Waals surface area contributed by atoms with Crippen molar-refractivity contribution in [1.82, 2.24) is 15.2 Å². The van der Waals surface area contributed by atoms with E-state index in [1.807, 2.05) is 36.4 Å². The van der Waals surface area contributed by atoms with Gasteiger partial charge >= 0.3 is 0 Å². The van der Waals surface area contributed by atoms with Crippen LogP contribution in [0.5, 0.6) is 11.5 Å². The molecule has 0 saturated carbocycles. The number of thioether (sulfide) groups is 2. The summed E-state index contributed by atoms with van der Waals surface area (Å²) in [6.07, 6.45) is 3.38. The predicted molar refractivity (Wildman–Crippen MR) is 100 cm³/mol. The van der Waals surface area contributed by atoms with Crippen molar-refractivity contribution in [2.24, 2.45) is 5.73 Å². The number of hydrogen-bond donors (Lipinski definition) is 1. The minimum Gasteiger partial charge on any atom is -0.455 e. The van der Waals surface area contributed by atoms with E-state index in [1.54, 1.807) is 24.2 Å². The Labute approximate surface area is 157 Å². The molecule has 2 aromatic heterocycles. The van der Waals surface area contributed by atoms with Gasteiger partial charge in [-0.2, -0.15) is 0 Å². The molecule has 0 aliphatic heterocycles. The maximum absolute atomic E-state index is 10.8. The molecule has 2 N–H and O–H groups in total. The lowest BCUT2D eigenvalue weighted by Crippen LogP contribution is -2.12. The third-order valence-corrected chi connectivity index (χ3v) is 6.17. The molecule has 6 nitrogen and oxygen atoms in total. The molecule has 0 spiro atoms. The van der Waals surface area contributed by atoms with Crippen LogP contribution in [0.3, 0.4) is 0 Å². The lowest BCUT2D eigenvalue weighted by Gasteiger charge is -2.09. The molecule has 0 radical (unpaired) electrons. The number of aromatic nitrogens is 3. The van der Waals surface area contributed by atoms with Crippen molar-refractivity contribution < 1.29 is 9.53 Å². The van der Waals surface area contributed by atoms with Crippen LogP contribution in [0, 0.1) is 0 Å². The van der Waals surface area contributed by atoms with Crippen LogP contribution in [-0.4, -0.2) is 26.8 Å². The van der Waals surface area contributed by atoms with Gasteiger partial charge in [0.1, 0.15) is 11.5 Å². The molecule has 0 unspecified atom stereocenters. The smallest absolute Gasteiger partial charge is 0.227 e. The minimum absolute atomic E-state index is 0.209. The number of amides is 1. The lowest BCUT2D eigenvalue weighted by atomic mass is 10.2. The molecule has 0 aliphatic carbocycles. The van der Waals surface area contributed by atoms with Gasteiger partial charge in [0.15, 0.2) is 8.68 Å². The number of primary amides is 1. The van der Waals surface area contributed by atoms with Crippen LogP contribution >= 0.6 is 34.9 Å². The number of rotatable bonds is 8. The standard InChI is InChI=1S/C16H14N4O2S3/c17-14(21)10-24-16-20-19-15(25-16)23-9-11-4-1-2-6-13(11)22-12-5-3-7-18-8-12/h1-8H,9-10H2,(H2,17,21). The largest absolute Gasteiger partial charge is 0.455 e. The fourth-order valence-corrected chi connectivity index (χ4v) is 4.59. The van der Waals surface area contributed by atoms with E-state index in [2.05, 4.69) is 15.2 Å². The highest BCUT2D eigenvalue weighted by Gasteiger charge is 2.10. The number of hydrogen-bond acceptors (Lipinski definition) is 8. The van der Waals surface area contributed by atoms with Gasteiger partial charge in [0, 0.05) is 17.5 Å². The first kappa shape index (κ1) is 17.7. The SMILES string of the molecule is NC(=O)CSc1nnc(SCc2ccccc2Oc2cccnc2)s1. The predicted octanol–water partition coefficient (Wildman–Crippen LogP) is 3.60. The van der Waals surface area contributed by atoms with Crippen molar-refractivity contribution in [3.05, 3.63) is 54.4 Å². The van der Waals surface area contributed by atoms with Gasteiger partial charge in [-0.15, -0.1) is 10.2 Å². The van der Waals surface area contributed by atoms with E-state index >= 15 is 0 Å². The summed E-state index contributed by atoms with van der Waals surface area (Å²) in [4.78, 5) is 14.9. The number of carbonyl (C=O) groups excluding carboxylic acids is 1. The average Bonchev–Trinajstić information content (AvgIpc) is 3.08. The highest BCUT2D eigenvalue weighted by atomic mass is 32.2. The van der Waals surface area contributed by atoms with Crippen LogP contribution in [0.15, 0.2) is 57.5 Å². The fraction of sp³-hybridized carbons (Fsp3) is 0.125. The van der Waals surface area contributed by atoms with Crippen LogP contribution in [0.2, 0.25) is 0 Å². The van der Waals surface area contributed by atoms with Crippen molar-refractivity contribution in [2.75, 3.05) is 5.75 Å². The third kappa shape index (κ3) is 5.45. The number of para-hydroxylation sites is 1. The van der Waals surface area contributed by atoms with E-state index in [-0.39, 0.29) is 11.7 Å². The van der Waals surface area contributed by atoms with E-state index < -0.39 is 0 Å². The molecule has 0 aliphatic rings. The summed E-state index contributed by atoms with van der Waals surface area (Å²) < 4.78 is 7.48. The second kappa shape index (κ2) is 8.84. The molecule has 0 bridgehead atoms. The first-order valence-electron chi connectivity index (χ1n) is 7.24.